The van der Waals surface area contributed by atoms with Crippen molar-refractivity contribution in [1.29, 1.82) is 0 Å². The highest BCUT2D eigenvalue weighted by atomic mass is 16.5. The molecule has 1 atom stereocenters. The number of hydrogen-bond acceptors (Lipinski definition) is 4. The van der Waals surface area contributed by atoms with Crippen molar-refractivity contribution in [3.63, 3.8) is 0 Å². The lowest BCUT2D eigenvalue weighted by molar-refractivity contribution is 0.0566. The van der Waals surface area contributed by atoms with E-state index in [-0.39, 0.29) is 0 Å². The number of ether oxygens (including phenoxy) is 1. The second kappa shape index (κ2) is 7.48. The Morgan fingerprint density at radius 1 is 1.44 bits per heavy atom. The maximum atomic E-state index is 5.82. The molecule has 0 aromatic carbocycles. The Hall–Kier alpha value is -0.940. The van der Waals surface area contributed by atoms with Crippen LogP contribution in [0.25, 0.3) is 0 Å². The SMILES string of the molecule is C[C@H](Cn1cncn1)NCCCOC1CCCC1. The Labute approximate surface area is 109 Å². The van der Waals surface area contributed by atoms with Gasteiger partial charge >= 0.3 is 0 Å². The molecule has 0 spiro atoms. The van der Waals surface area contributed by atoms with Gasteiger partial charge in [-0.2, -0.15) is 5.10 Å². The van der Waals surface area contributed by atoms with Gasteiger partial charge in [0, 0.05) is 12.6 Å². The molecular weight excluding hydrogens is 228 g/mol. The van der Waals surface area contributed by atoms with E-state index < -0.39 is 0 Å². The molecule has 0 unspecified atom stereocenters. The summed E-state index contributed by atoms with van der Waals surface area (Å²) in [7, 11) is 0. The van der Waals surface area contributed by atoms with E-state index in [2.05, 4.69) is 22.3 Å². The third-order valence-corrected chi connectivity index (χ3v) is 3.40. The normalized spacial score (nSPS) is 18.3. The zero-order chi connectivity index (χ0) is 12.6. The van der Waals surface area contributed by atoms with Gasteiger partial charge in [0.2, 0.25) is 0 Å². The minimum atomic E-state index is 0.415. The Balaban J connectivity index is 1.47. The first-order valence-corrected chi connectivity index (χ1v) is 7.02. The number of aromatic nitrogens is 3. The predicted molar refractivity (Wildman–Crippen MR) is 70.3 cm³/mol. The fraction of sp³-hybridized carbons (Fsp3) is 0.846. The molecule has 1 heterocycles. The van der Waals surface area contributed by atoms with Gasteiger partial charge in [-0.15, -0.1) is 0 Å². The van der Waals surface area contributed by atoms with E-state index >= 15 is 0 Å². The van der Waals surface area contributed by atoms with E-state index in [1.165, 1.54) is 25.7 Å². The molecule has 1 aromatic heterocycles. The standard InChI is InChI=1S/C13H24N4O/c1-12(9-17-11-14-10-16-17)15-7-4-8-18-13-5-2-3-6-13/h10-13,15H,2-9H2,1H3/t12-/m1/s1. The van der Waals surface area contributed by atoms with E-state index in [1.807, 2.05) is 4.68 Å². The minimum Gasteiger partial charge on any atom is -0.378 e. The third-order valence-electron chi connectivity index (χ3n) is 3.40. The van der Waals surface area contributed by atoms with Crippen LogP contribution in [-0.4, -0.2) is 40.1 Å². The fourth-order valence-corrected chi connectivity index (χ4v) is 2.40. The van der Waals surface area contributed by atoms with Crippen molar-refractivity contribution in [3.05, 3.63) is 12.7 Å². The zero-order valence-electron chi connectivity index (χ0n) is 11.2. The summed E-state index contributed by atoms with van der Waals surface area (Å²) in [5.41, 5.74) is 0. The first-order valence-electron chi connectivity index (χ1n) is 7.02. The van der Waals surface area contributed by atoms with Crippen molar-refractivity contribution in [3.8, 4) is 0 Å². The topological polar surface area (TPSA) is 52.0 Å². The van der Waals surface area contributed by atoms with Gasteiger partial charge in [-0.05, 0) is 32.7 Å². The molecule has 5 nitrogen and oxygen atoms in total. The number of hydrogen-bond donors (Lipinski definition) is 1. The van der Waals surface area contributed by atoms with Crippen LogP contribution in [0.3, 0.4) is 0 Å². The molecule has 1 aliphatic carbocycles. The minimum absolute atomic E-state index is 0.415. The second-order valence-electron chi connectivity index (χ2n) is 5.10. The van der Waals surface area contributed by atoms with Crippen molar-refractivity contribution in [2.24, 2.45) is 0 Å². The molecule has 102 valence electrons. The Bertz CT molecular complexity index is 309. The molecular formula is C13H24N4O. The molecule has 1 N–H and O–H groups in total. The first-order chi connectivity index (χ1) is 8.84. The van der Waals surface area contributed by atoms with Gasteiger partial charge in [0.25, 0.3) is 0 Å². The van der Waals surface area contributed by atoms with Gasteiger partial charge in [0.1, 0.15) is 12.7 Å². The van der Waals surface area contributed by atoms with Gasteiger partial charge in [-0.3, -0.25) is 4.68 Å². The monoisotopic (exact) mass is 252 g/mol. The Morgan fingerprint density at radius 2 is 2.28 bits per heavy atom. The maximum absolute atomic E-state index is 5.82. The molecule has 1 aromatic rings. The van der Waals surface area contributed by atoms with Gasteiger partial charge in [-0.1, -0.05) is 12.8 Å². The molecule has 1 saturated carbocycles. The van der Waals surface area contributed by atoms with E-state index in [0.29, 0.717) is 12.1 Å². The van der Waals surface area contributed by atoms with Gasteiger partial charge < -0.3 is 10.1 Å². The second-order valence-corrected chi connectivity index (χ2v) is 5.10. The number of nitrogens with one attached hydrogen (secondary N) is 1. The van der Waals surface area contributed by atoms with Crippen LogP contribution in [0.5, 0.6) is 0 Å². The Morgan fingerprint density at radius 3 is 3.00 bits per heavy atom. The fourth-order valence-electron chi connectivity index (χ4n) is 2.40. The van der Waals surface area contributed by atoms with Crippen LogP contribution >= 0.6 is 0 Å². The maximum Gasteiger partial charge on any atom is 0.137 e. The summed E-state index contributed by atoms with van der Waals surface area (Å²) in [5.74, 6) is 0. The quantitative estimate of drug-likeness (QED) is 0.714. The smallest absolute Gasteiger partial charge is 0.137 e. The average molecular weight is 252 g/mol. The lowest BCUT2D eigenvalue weighted by Gasteiger charge is -2.14. The average Bonchev–Trinajstić information content (AvgIpc) is 3.01. The molecule has 2 rings (SSSR count). The van der Waals surface area contributed by atoms with Gasteiger partial charge in [-0.25, -0.2) is 4.98 Å². The molecule has 0 amide bonds. The number of nitrogens with zero attached hydrogens (tertiary/aromatic N) is 3. The number of rotatable bonds is 8. The summed E-state index contributed by atoms with van der Waals surface area (Å²) in [5, 5.41) is 7.57. The highest BCUT2D eigenvalue weighted by molar-refractivity contribution is 4.67. The highest BCUT2D eigenvalue weighted by Gasteiger charge is 2.14. The highest BCUT2D eigenvalue weighted by Crippen LogP contribution is 2.20. The molecule has 1 aliphatic rings. The molecule has 1 fully saturated rings. The van der Waals surface area contributed by atoms with Crippen LogP contribution in [0.1, 0.15) is 39.0 Å². The predicted octanol–water partition coefficient (Wildman–Crippen LogP) is 1.61. The Kier molecular flexibility index (Phi) is 5.61. The van der Waals surface area contributed by atoms with Crippen molar-refractivity contribution in [2.45, 2.75) is 57.7 Å². The zero-order valence-corrected chi connectivity index (χ0v) is 11.2. The first kappa shape index (κ1) is 13.5. The summed E-state index contributed by atoms with van der Waals surface area (Å²) in [6.45, 7) is 4.92. The van der Waals surface area contributed by atoms with Crippen LogP contribution in [0.15, 0.2) is 12.7 Å². The summed E-state index contributed by atoms with van der Waals surface area (Å²) in [6.07, 6.45) is 10.2. The van der Waals surface area contributed by atoms with Crippen molar-refractivity contribution in [2.75, 3.05) is 13.2 Å². The van der Waals surface area contributed by atoms with Gasteiger partial charge in [0.15, 0.2) is 0 Å². The van der Waals surface area contributed by atoms with Crippen LogP contribution in [0.2, 0.25) is 0 Å². The summed E-state index contributed by atoms with van der Waals surface area (Å²) >= 11 is 0. The summed E-state index contributed by atoms with van der Waals surface area (Å²) in [6, 6.07) is 0.415. The lowest BCUT2D eigenvalue weighted by atomic mass is 10.3. The van der Waals surface area contributed by atoms with E-state index in [1.54, 1.807) is 12.7 Å². The molecule has 0 radical (unpaired) electrons. The van der Waals surface area contributed by atoms with Gasteiger partial charge in [0.05, 0.1) is 12.6 Å². The molecule has 0 saturated heterocycles. The third kappa shape index (κ3) is 4.74. The summed E-state index contributed by atoms with van der Waals surface area (Å²) < 4.78 is 7.68. The largest absolute Gasteiger partial charge is 0.378 e. The van der Waals surface area contributed by atoms with Crippen molar-refractivity contribution < 1.29 is 4.74 Å². The van der Waals surface area contributed by atoms with Crippen molar-refractivity contribution >= 4 is 0 Å². The van der Waals surface area contributed by atoms with E-state index in [9.17, 15) is 0 Å². The molecule has 0 bridgehead atoms. The van der Waals surface area contributed by atoms with Crippen LogP contribution < -0.4 is 5.32 Å². The van der Waals surface area contributed by atoms with Crippen LogP contribution in [0, 0.1) is 0 Å². The summed E-state index contributed by atoms with van der Waals surface area (Å²) in [4.78, 5) is 3.93. The molecule has 5 heteroatoms. The van der Waals surface area contributed by atoms with E-state index in [4.69, 9.17) is 4.74 Å². The lowest BCUT2D eigenvalue weighted by Crippen LogP contribution is -2.32. The van der Waals surface area contributed by atoms with E-state index in [0.717, 1.165) is 26.1 Å². The molecule has 0 aliphatic heterocycles. The molecule has 18 heavy (non-hydrogen) atoms. The van der Waals surface area contributed by atoms with Crippen LogP contribution in [0.4, 0.5) is 0 Å². The van der Waals surface area contributed by atoms with Crippen molar-refractivity contribution in [1.82, 2.24) is 20.1 Å². The van der Waals surface area contributed by atoms with Crippen LogP contribution in [-0.2, 0) is 11.3 Å².